The van der Waals surface area contributed by atoms with E-state index in [4.69, 9.17) is 19.5 Å². The van der Waals surface area contributed by atoms with Gasteiger partial charge in [-0.15, -0.1) is 0 Å². The lowest BCUT2D eigenvalue weighted by atomic mass is 9.76. The Hall–Kier alpha value is -1.73. The Morgan fingerprint density at radius 3 is 2.56 bits per heavy atom. The molecule has 0 radical (unpaired) electrons. The molecule has 1 aliphatic rings. The van der Waals surface area contributed by atoms with E-state index >= 15 is 0 Å². The van der Waals surface area contributed by atoms with Gasteiger partial charge in [-0.3, -0.25) is 0 Å². The van der Waals surface area contributed by atoms with Gasteiger partial charge in [0.15, 0.2) is 11.5 Å². The zero-order chi connectivity index (χ0) is 11.7. The summed E-state index contributed by atoms with van der Waals surface area (Å²) in [6.07, 6.45) is 0. The number of hydrogen-bond acceptors (Lipinski definition) is 6. The standard InChI is InChI=1S/C9H9BO6/c1-14-9(11)5-2-7-8(16-4-15-7)3-6(5)10(12)13/h2-3,12-13H,4H2,1H3. The van der Waals surface area contributed by atoms with Gasteiger partial charge in [-0.25, -0.2) is 4.79 Å². The van der Waals surface area contributed by atoms with Crippen molar-refractivity contribution in [1.82, 2.24) is 0 Å². The van der Waals surface area contributed by atoms with Gasteiger partial charge in [0.25, 0.3) is 0 Å². The summed E-state index contributed by atoms with van der Waals surface area (Å²) in [5.41, 5.74) is 0.0675. The average Bonchev–Trinajstić information content (AvgIpc) is 2.73. The van der Waals surface area contributed by atoms with Gasteiger partial charge in [0.1, 0.15) is 0 Å². The van der Waals surface area contributed by atoms with Gasteiger partial charge in [-0.2, -0.15) is 0 Å². The molecule has 2 rings (SSSR count). The second-order valence-electron chi connectivity index (χ2n) is 3.16. The predicted octanol–water partition coefficient (Wildman–Crippen LogP) is -1.12. The first kappa shape index (κ1) is 10.8. The summed E-state index contributed by atoms with van der Waals surface area (Å²) in [6, 6.07) is 2.71. The molecular formula is C9H9BO6. The van der Waals surface area contributed by atoms with E-state index in [-0.39, 0.29) is 17.8 Å². The molecule has 0 unspecified atom stereocenters. The number of carbonyl (C=O) groups excluding carboxylic acids is 1. The molecule has 1 heterocycles. The van der Waals surface area contributed by atoms with Crippen LogP contribution >= 0.6 is 0 Å². The van der Waals surface area contributed by atoms with E-state index in [0.717, 1.165) is 0 Å². The number of methoxy groups -OCH3 is 1. The van der Waals surface area contributed by atoms with Crippen molar-refractivity contribution < 1.29 is 29.1 Å². The Morgan fingerprint density at radius 1 is 1.38 bits per heavy atom. The fraction of sp³-hybridized carbons (Fsp3) is 0.222. The molecule has 6 nitrogen and oxygen atoms in total. The minimum absolute atomic E-state index is 0.0242. The second-order valence-corrected chi connectivity index (χ2v) is 3.16. The van der Waals surface area contributed by atoms with Crippen LogP contribution in [0.3, 0.4) is 0 Å². The van der Waals surface area contributed by atoms with E-state index in [1.54, 1.807) is 0 Å². The molecule has 7 heteroatoms. The first-order valence-electron chi connectivity index (χ1n) is 4.51. The molecule has 84 valence electrons. The highest BCUT2D eigenvalue weighted by atomic mass is 16.7. The summed E-state index contributed by atoms with van der Waals surface area (Å²) in [5.74, 6) is 0.0851. The molecule has 16 heavy (non-hydrogen) atoms. The molecule has 0 saturated carbocycles. The smallest absolute Gasteiger partial charge is 0.465 e. The van der Waals surface area contributed by atoms with Crippen LogP contribution in [0.25, 0.3) is 0 Å². The van der Waals surface area contributed by atoms with Gasteiger partial charge in [0.05, 0.1) is 12.7 Å². The molecule has 0 amide bonds. The van der Waals surface area contributed by atoms with Crippen molar-refractivity contribution in [3.8, 4) is 11.5 Å². The number of carbonyl (C=O) groups is 1. The molecule has 0 atom stereocenters. The first-order chi connectivity index (χ1) is 7.63. The topological polar surface area (TPSA) is 85.2 Å². The van der Waals surface area contributed by atoms with Gasteiger partial charge < -0.3 is 24.3 Å². The Balaban J connectivity index is 2.53. The number of rotatable bonds is 2. The minimum atomic E-state index is -1.77. The number of ether oxygens (including phenoxy) is 3. The van der Waals surface area contributed by atoms with Crippen molar-refractivity contribution in [2.75, 3.05) is 13.9 Å². The third-order valence-corrected chi connectivity index (χ3v) is 2.23. The van der Waals surface area contributed by atoms with Gasteiger partial charge in [0.2, 0.25) is 6.79 Å². The van der Waals surface area contributed by atoms with Crippen molar-refractivity contribution in [2.24, 2.45) is 0 Å². The van der Waals surface area contributed by atoms with Crippen LogP contribution in [0.5, 0.6) is 11.5 Å². The van der Waals surface area contributed by atoms with Crippen LogP contribution in [0.2, 0.25) is 0 Å². The zero-order valence-corrected chi connectivity index (χ0v) is 8.47. The van der Waals surface area contributed by atoms with Crippen LogP contribution < -0.4 is 14.9 Å². The lowest BCUT2D eigenvalue weighted by Crippen LogP contribution is -2.35. The highest BCUT2D eigenvalue weighted by Crippen LogP contribution is 2.31. The molecule has 1 aliphatic heterocycles. The number of hydrogen-bond donors (Lipinski definition) is 2. The largest absolute Gasteiger partial charge is 0.489 e. The van der Waals surface area contributed by atoms with Crippen LogP contribution in [0.1, 0.15) is 10.4 Å². The van der Waals surface area contributed by atoms with E-state index in [9.17, 15) is 4.79 Å². The minimum Gasteiger partial charge on any atom is -0.465 e. The van der Waals surface area contributed by atoms with E-state index in [2.05, 4.69) is 4.74 Å². The second kappa shape index (κ2) is 4.03. The van der Waals surface area contributed by atoms with Gasteiger partial charge >= 0.3 is 13.1 Å². The summed E-state index contributed by atoms with van der Waals surface area (Å²) in [7, 11) is -0.566. The molecule has 0 fully saturated rings. The fourth-order valence-corrected chi connectivity index (χ4v) is 1.46. The summed E-state index contributed by atoms with van der Waals surface area (Å²) < 4.78 is 14.7. The number of esters is 1. The molecule has 0 aromatic heterocycles. The van der Waals surface area contributed by atoms with Crippen LogP contribution in [-0.4, -0.2) is 37.0 Å². The van der Waals surface area contributed by atoms with Crippen LogP contribution in [-0.2, 0) is 4.74 Å². The van der Waals surface area contributed by atoms with Crippen molar-refractivity contribution in [1.29, 1.82) is 0 Å². The van der Waals surface area contributed by atoms with Gasteiger partial charge in [-0.05, 0) is 12.1 Å². The summed E-state index contributed by atoms with van der Waals surface area (Å²) in [4.78, 5) is 11.4. The predicted molar refractivity (Wildman–Crippen MR) is 53.7 cm³/mol. The molecule has 0 saturated heterocycles. The molecular weight excluding hydrogens is 215 g/mol. The number of fused-ring (bicyclic) bond motifs is 1. The molecule has 1 aromatic rings. The monoisotopic (exact) mass is 224 g/mol. The van der Waals surface area contributed by atoms with Crippen LogP contribution in [0.15, 0.2) is 12.1 Å². The Bertz CT molecular complexity index is 430. The molecule has 0 bridgehead atoms. The summed E-state index contributed by atoms with van der Waals surface area (Å²) in [5, 5.41) is 18.3. The molecule has 2 N–H and O–H groups in total. The Labute approximate surface area is 91.5 Å². The third kappa shape index (κ3) is 1.70. The maximum absolute atomic E-state index is 11.4. The highest BCUT2D eigenvalue weighted by Gasteiger charge is 2.26. The molecule has 0 aliphatic carbocycles. The Kier molecular flexibility index (Phi) is 2.72. The van der Waals surface area contributed by atoms with E-state index in [1.807, 2.05) is 0 Å². The van der Waals surface area contributed by atoms with Gasteiger partial charge in [-0.1, -0.05) is 0 Å². The quantitative estimate of drug-likeness (QED) is 0.489. The summed E-state index contributed by atoms with van der Waals surface area (Å²) in [6.45, 7) is 0.0426. The van der Waals surface area contributed by atoms with Crippen LogP contribution in [0.4, 0.5) is 0 Å². The summed E-state index contributed by atoms with van der Waals surface area (Å²) >= 11 is 0. The maximum atomic E-state index is 11.4. The van der Waals surface area contributed by atoms with Crippen molar-refractivity contribution in [2.45, 2.75) is 0 Å². The van der Waals surface area contributed by atoms with Crippen molar-refractivity contribution in [3.05, 3.63) is 17.7 Å². The lowest BCUT2D eigenvalue weighted by molar-refractivity contribution is 0.0601. The van der Waals surface area contributed by atoms with E-state index in [0.29, 0.717) is 11.5 Å². The average molecular weight is 224 g/mol. The normalized spacial score (nSPS) is 12.4. The fourth-order valence-electron chi connectivity index (χ4n) is 1.46. The first-order valence-corrected chi connectivity index (χ1v) is 4.51. The maximum Gasteiger partial charge on any atom is 0.489 e. The SMILES string of the molecule is COC(=O)c1cc2c(cc1B(O)O)OCO2. The number of benzene rings is 1. The van der Waals surface area contributed by atoms with Crippen molar-refractivity contribution in [3.63, 3.8) is 0 Å². The van der Waals surface area contributed by atoms with E-state index in [1.165, 1.54) is 19.2 Å². The third-order valence-electron chi connectivity index (χ3n) is 2.23. The lowest BCUT2D eigenvalue weighted by Gasteiger charge is -2.08. The van der Waals surface area contributed by atoms with E-state index < -0.39 is 13.1 Å². The van der Waals surface area contributed by atoms with Crippen molar-refractivity contribution >= 4 is 18.6 Å². The Morgan fingerprint density at radius 2 is 2.00 bits per heavy atom. The van der Waals surface area contributed by atoms with Crippen LogP contribution in [0, 0.1) is 0 Å². The van der Waals surface area contributed by atoms with Gasteiger partial charge in [0, 0.05) is 5.46 Å². The highest BCUT2D eigenvalue weighted by molar-refractivity contribution is 6.60. The zero-order valence-electron chi connectivity index (χ0n) is 8.47. The molecule has 0 spiro atoms. The molecule has 1 aromatic carbocycles.